The van der Waals surface area contributed by atoms with Gasteiger partial charge >= 0.3 is 0 Å². The van der Waals surface area contributed by atoms with E-state index >= 15 is 0 Å². The molecule has 0 aromatic heterocycles. The van der Waals surface area contributed by atoms with Gasteiger partial charge in [0.15, 0.2) is 0 Å². The van der Waals surface area contributed by atoms with Gasteiger partial charge in [0.25, 0.3) is 0 Å². The molecular weight excluding hydrogens is 350 g/mol. The van der Waals surface area contributed by atoms with Crippen LogP contribution >= 0.6 is 11.6 Å². The third-order valence-electron chi connectivity index (χ3n) is 5.86. The molecule has 1 aromatic rings. The number of likely N-dealkylation sites (tertiary alicyclic amines) is 2. The van der Waals surface area contributed by atoms with Gasteiger partial charge in [0, 0.05) is 49.1 Å². The normalized spacial score (nSPS) is 22.3. The van der Waals surface area contributed by atoms with Gasteiger partial charge in [-0.2, -0.15) is 0 Å². The molecule has 1 N–H and O–H groups in total. The summed E-state index contributed by atoms with van der Waals surface area (Å²) in [5.74, 6) is -0.153. The number of nitrogens with one attached hydrogen (secondary N) is 1. The lowest BCUT2D eigenvalue weighted by atomic mass is 9.62. The Kier molecular flexibility index (Phi) is 5.58. The molecule has 1 atom stereocenters. The Labute approximate surface area is 160 Å². The number of benzene rings is 1. The summed E-state index contributed by atoms with van der Waals surface area (Å²) in [4.78, 5) is 27.7. The van der Waals surface area contributed by atoms with Gasteiger partial charge in [0.05, 0.1) is 6.54 Å². The van der Waals surface area contributed by atoms with E-state index in [4.69, 9.17) is 11.6 Å². The fourth-order valence-corrected chi connectivity index (χ4v) is 4.52. The average Bonchev–Trinajstić information content (AvgIpc) is 2.59. The second kappa shape index (κ2) is 7.57. The molecule has 2 aliphatic heterocycles. The molecule has 142 valence electrons. The van der Waals surface area contributed by atoms with E-state index in [-0.39, 0.29) is 23.8 Å². The number of piperidine rings is 1. The van der Waals surface area contributed by atoms with Gasteiger partial charge in [-0.25, -0.2) is 0 Å². The predicted octanol–water partition coefficient (Wildman–Crippen LogP) is 2.85. The van der Waals surface area contributed by atoms with Crippen LogP contribution in [0.5, 0.6) is 0 Å². The Morgan fingerprint density at radius 2 is 1.85 bits per heavy atom. The second-order valence-electron chi connectivity index (χ2n) is 7.87. The highest BCUT2D eigenvalue weighted by Gasteiger charge is 2.54. The van der Waals surface area contributed by atoms with Crippen molar-refractivity contribution in [1.82, 2.24) is 15.1 Å². The van der Waals surface area contributed by atoms with Crippen LogP contribution in [0.15, 0.2) is 24.3 Å². The summed E-state index contributed by atoms with van der Waals surface area (Å²) >= 11 is 6.07. The molecule has 2 fully saturated rings. The van der Waals surface area contributed by atoms with Crippen LogP contribution in [0.3, 0.4) is 0 Å². The maximum atomic E-state index is 12.3. The third kappa shape index (κ3) is 3.74. The van der Waals surface area contributed by atoms with Gasteiger partial charge in [-0.3, -0.25) is 14.5 Å². The first-order chi connectivity index (χ1) is 12.3. The average molecular weight is 378 g/mol. The molecule has 2 saturated heterocycles. The van der Waals surface area contributed by atoms with E-state index in [2.05, 4.69) is 36.2 Å². The summed E-state index contributed by atoms with van der Waals surface area (Å²) in [5.41, 5.74) is 1.54. The van der Waals surface area contributed by atoms with Crippen molar-refractivity contribution < 1.29 is 9.59 Å². The molecule has 26 heavy (non-hydrogen) atoms. The van der Waals surface area contributed by atoms with Crippen LogP contribution < -0.4 is 5.32 Å². The van der Waals surface area contributed by atoms with Gasteiger partial charge in [-0.05, 0) is 44.4 Å². The fourth-order valence-electron chi connectivity index (χ4n) is 4.40. The van der Waals surface area contributed by atoms with Crippen LogP contribution in [0, 0.1) is 5.41 Å². The Morgan fingerprint density at radius 3 is 2.38 bits per heavy atom. The van der Waals surface area contributed by atoms with E-state index in [9.17, 15) is 9.59 Å². The zero-order chi connectivity index (χ0) is 18.9. The van der Waals surface area contributed by atoms with Crippen LogP contribution in [-0.4, -0.2) is 53.8 Å². The number of rotatable bonds is 4. The van der Waals surface area contributed by atoms with Gasteiger partial charge in [0.1, 0.15) is 0 Å². The smallest absolute Gasteiger partial charge is 0.241 e. The Hall–Kier alpha value is -1.59. The van der Waals surface area contributed by atoms with Crippen LogP contribution in [0.1, 0.15) is 45.2 Å². The Bertz CT molecular complexity index is 666. The summed E-state index contributed by atoms with van der Waals surface area (Å²) < 4.78 is 0. The summed E-state index contributed by atoms with van der Waals surface area (Å²) in [6, 6.07) is 9.07. The molecule has 2 amide bonds. The molecule has 0 saturated carbocycles. The fraction of sp³-hybridized carbons (Fsp3) is 0.600. The minimum absolute atomic E-state index is 0.0122. The van der Waals surface area contributed by atoms with Crippen molar-refractivity contribution in [2.75, 3.05) is 26.2 Å². The largest absolute Gasteiger partial charge is 0.347 e. The zero-order valence-electron chi connectivity index (χ0n) is 15.8. The van der Waals surface area contributed by atoms with E-state index in [1.54, 1.807) is 0 Å². The predicted molar refractivity (Wildman–Crippen MR) is 103 cm³/mol. The van der Waals surface area contributed by atoms with Crippen LogP contribution in [0.2, 0.25) is 5.02 Å². The molecule has 5 nitrogen and oxygen atoms in total. The highest BCUT2D eigenvalue weighted by Crippen LogP contribution is 2.55. The highest BCUT2D eigenvalue weighted by atomic mass is 35.5. The van der Waals surface area contributed by atoms with E-state index in [1.165, 1.54) is 12.5 Å². The maximum Gasteiger partial charge on any atom is 0.241 e. The molecule has 3 rings (SSSR count). The first-order valence-corrected chi connectivity index (χ1v) is 9.74. The summed E-state index contributed by atoms with van der Waals surface area (Å²) in [6.07, 6.45) is 1.99. The lowest BCUT2D eigenvalue weighted by Gasteiger charge is -2.62. The van der Waals surface area contributed by atoms with Crippen LogP contribution in [-0.2, 0) is 9.59 Å². The summed E-state index contributed by atoms with van der Waals surface area (Å²) in [6.45, 7) is 8.60. The standard InChI is InChI=1S/C20H28ClN3O2/c1-14(2)24-13-20(19(24)16-4-6-17(21)7-5-16)8-10-23(11-9-20)18(26)12-22-15(3)25/h4-7,14,19H,8-13H2,1-3H3,(H,22,25). The monoisotopic (exact) mass is 377 g/mol. The maximum absolute atomic E-state index is 12.3. The molecule has 0 aliphatic carbocycles. The third-order valence-corrected chi connectivity index (χ3v) is 6.11. The molecule has 6 heteroatoms. The van der Waals surface area contributed by atoms with Crippen molar-refractivity contribution in [3.8, 4) is 0 Å². The number of carbonyl (C=O) groups is 2. The van der Waals surface area contributed by atoms with E-state index in [0.717, 1.165) is 37.5 Å². The van der Waals surface area contributed by atoms with Crippen molar-refractivity contribution in [3.63, 3.8) is 0 Å². The second-order valence-corrected chi connectivity index (χ2v) is 8.31. The van der Waals surface area contributed by atoms with Gasteiger partial charge in [-0.15, -0.1) is 0 Å². The number of hydrogen-bond donors (Lipinski definition) is 1. The van der Waals surface area contributed by atoms with Crippen molar-refractivity contribution in [3.05, 3.63) is 34.9 Å². The molecule has 1 aromatic carbocycles. The van der Waals surface area contributed by atoms with Crippen molar-refractivity contribution in [2.45, 2.75) is 45.7 Å². The topological polar surface area (TPSA) is 52.7 Å². The Morgan fingerprint density at radius 1 is 1.23 bits per heavy atom. The molecule has 0 radical (unpaired) electrons. The molecule has 1 spiro atoms. The Balaban J connectivity index is 1.69. The summed E-state index contributed by atoms with van der Waals surface area (Å²) in [7, 11) is 0. The highest BCUT2D eigenvalue weighted by molar-refractivity contribution is 6.30. The van der Waals surface area contributed by atoms with Gasteiger partial charge < -0.3 is 10.2 Å². The number of amides is 2. The molecule has 0 bridgehead atoms. The number of carbonyl (C=O) groups excluding carboxylic acids is 2. The first kappa shape index (κ1) is 19.2. The van der Waals surface area contributed by atoms with Crippen molar-refractivity contribution in [2.24, 2.45) is 5.41 Å². The summed E-state index contributed by atoms with van der Waals surface area (Å²) in [5, 5.41) is 3.36. The molecule has 2 heterocycles. The minimum Gasteiger partial charge on any atom is -0.347 e. The number of halogens is 1. The van der Waals surface area contributed by atoms with Crippen molar-refractivity contribution >= 4 is 23.4 Å². The molecule has 1 unspecified atom stereocenters. The SMILES string of the molecule is CC(=O)NCC(=O)N1CCC2(CC1)CN(C(C)C)C2c1ccc(Cl)cc1. The zero-order valence-corrected chi connectivity index (χ0v) is 16.6. The first-order valence-electron chi connectivity index (χ1n) is 9.36. The number of hydrogen-bond acceptors (Lipinski definition) is 3. The van der Waals surface area contributed by atoms with E-state index in [1.807, 2.05) is 17.0 Å². The molecule has 2 aliphatic rings. The van der Waals surface area contributed by atoms with Crippen LogP contribution in [0.4, 0.5) is 0 Å². The van der Waals surface area contributed by atoms with E-state index < -0.39 is 0 Å². The van der Waals surface area contributed by atoms with Gasteiger partial charge in [-0.1, -0.05) is 23.7 Å². The van der Waals surface area contributed by atoms with E-state index in [0.29, 0.717) is 12.1 Å². The lowest BCUT2D eigenvalue weighted by Crippen LogP contribution is -2.64. The van der Waals surface area contributed by atoms with Gasteiger partial charge in [0.2, 0.25) is 11.8 Å². The quantitative estimate of drug-likeness (QED) is 0.877. The van der Waals surface area contributed by atoms with Crippen LogP contribution in [0.25, 0.3) is 0 Å². The minimum atomic E-state index is -0.166. The van der Waals surface area contributed by atoms with Crippen molar-refractivity contribution in [1.29, 1.82) is 0 Å². The molecular formula is C20H28ClN3O2. The lowest BCUT2D eigenvalue weighted by molar-refractivity contribution is -0.147. The number of nitrogens with zero attached hydrogens (tertiary/aromatic N) is 2.